The molecule has 3 aromatic rings. The van der Waals surface area contributed by atoms with Gasteiger partial charge in [0.1, 0.15) is 6.61 Å². The van der Waals surface area contributed by atoms with E-state index in [1.54, 1.807) is 17.1 Å². The maximum absolute atomic E-state index is 5.95. The molecule has 8 heteroatoms. The molecule has 2 aromatic heterocycles. The number of benzene rings is 1. The Balaban J connectivity index is 1.47. The van der Waals surface area contributed by atoms with Crippen LogP contribution in [0.4, 0.5) is 0 Å². The van der Waals surface area contributed by atoms with Crippen LogP contribution in [0, 0.1) is 4.84 Å². The first-order valence-electron chi connectivity index (χ1n) is 8.80. The van der Waals surface area contributed by atoms with Crippen LogP contribution in [0.1, 0.15) is 24.5 Å². The van der Waals surface area contributed by atoms with Crippen molar-refractivity contribution in [3.63, 3.8) is 0 Å². The zero-order chi connectivity index (χ0) is 18.6. The van der Waals surface area contributed by atoms with E-state index in [-0.39, 0.29) is 0 Å². The number of pyridine rings is 1. The van der Waals surface area contributed by atoms with Gasteiger partial charge in [0, 0.05) is 18.9 Å². The van der Waals surface area contributed by atoms with Gasteiger partial charge in [0.2, 0.25) is 6.10 Å². The molecule has 0 unspecified atom stereocenters. The molecule has 0 fully saturated rings. The number of para-hydroxylation sites is 2. The Hall–Kier alpha value is -2.71. The molecule has 3 heterocycles. The highest BCUT2D eigenvalue weighted by molar-refractivity contribution is 7.71. The minimum absolute atomic E-state index is 0.320. The molecule has 1 atom stereocenters. The Morgan fingerprint density at radius 2 is 1.96 bits per heavy atom. The Labute approximate surface area is 162 Å². The van der Waals surface area contributed by atoms with Crippen molar-refractivity contribution >= 4 is 12.2 Å². The van der Waals surface area contributed by atoms with E-state index < -0.39 is 6.10 Å². The number of aromatic nitrogens is 3. The number of nitrogens with zero attached hydrogens (tertiary/aromatic N) is 4. The third-order valence-electron chi connectivity index (χ3n) is 4.34. The molecule has 140 valence electrons. The molecule has 0 N–H and O–H groups in total. The smallest absolute Gasteiger partial charge is 0.288 e. The molecule has 1 aromatic carbocycles. The standard InChI is InChI=1S/C19H20N4O3S/c1-2-22(11-14-7-9-20-10-8-14)13-23-19(27)26-18(21-23)17-12-24-15-5-3-4-6-16(15)25-17/h3-10,17H,2,11-13H2,1H3/t17-/m0/s1. The van der Waals surface area contributed by atoms with Crippen LogP contribution < -0.4 is 9.47 Å². The van der Waals surface area contributed by atoms with Gasteiger partial charge in [-0.05, 0) is 48.6 Å². The van der Waals surface area contributed by atoms with Crippen molar-refractivity contribution < 1.29 is 13.9 Å². The summed E-state index contributed by atoms with van der Waals surface area (Å²) in [6, 6.07) is 11.5. The molecule has 0 amide bonds. The summed E-state index contributed by atoms with van der Waals surface area (Å²) in [4.78, 5) is 6.59. The maximum Gasteiger partial charge on any atom is 0.288 e. The highest BCUT2D eigenvalue weighted by atomic mass is 32.1. The van der Waals surface area contributed by atoms with Crippen molar-refractivity contribution in [3.05, 3.63) is 65.1 Å². The fourth-order valence-electron chi connectivity index (χ4n) is 2.88. The molecule has 27 heavy (non-hydrogen) atoms. The Kier molecular flexibility index (Phi) is 5.17. The first-order chi connectivity index (χ1) is 13.2. The Morgan fingerprint density at radius 3 is 2.74 bits per heavy atom. The highest BCUT2D eigenvalue weighted by Gasteiger charge is 2.27. The Morgan fingerprint density at radius 1 is 1.19 bits per heavy atom. The lowest BCUT2D eigenvalue weighted by atomic mass is 10.2. The van der Waals surface area contributed by atoms with Crippen LogP contribution in [0.5, 0.6) is 11.5 Å². The van der Waals surface area contributed by atoms with E-state index in [4.69, 9.17) is 26.1 Å². The van der Waals surface area contributed by atoms with Crippen molar-refractivity contribution in [2.75, 3.05) is 13.2 Å². The average Bonchev–Trinajstić information content (AvgIpc) is 3.08. The highest BCUT2D eigenvalue weighted by Crippen LogP contribution is 2.35. The molecule has 1 aliphatic heterocycles. The summed E-state index contributed by atoms with van der Waals surface area (Å²) in [5.41, 5.74) is 1.18. The molecule has 4 rings (SSSR count). The molecular formula is C19H20N4O3S. The van der Waals surface area contributed by atoms with Gasteiger partial charge < -0.3 is 13.9 Å². The quantitative estimate of drug-likeness (QED) is 0.602. The SMILES string of the molecule is CCN(Cc1ccncc1)Cn1nc([C@@H]2COc3ccccc3O2)oc1=S. The third-order valence-corrected chi connectivity index (χ3v) is 4.64. The first kappa shape index (κ1) is 17.7. The van der Waals surface area contributed by atoms with Gasteiger partial charge in [-0.15, -0.1) is 5.10 Å². The molecule has 0 bridgehead atoms. The summed E-state index contributed by atoms with van der Waals surface area (Å²) in [5, 5.41) is 4.52. The van der Waals surface area contributed by atoms with Crippen LogP contribution >= 0.6 is 12.2 Å². The summed E-state index contributed by atoms with van der Waals surface area (Å²) in [6.07, 6.45) is 3.17. The van der Waals surface area contributed by atoms with Crippen molar-refractivity contribution in [2.45, 2.75) is 26.2 Å². The van der Waals surface area contributed by atoms with Gasteiger partial charge in [-0.3, -0.25) is 9.88 Å². The fourth-order valence-corrected chi connectivity index (χ4v) is 3.06. The minimum Gasteiger partial charge on any atom is -0.485 e. The van der Waals surface area contributed by atoms with Crippen LogP contribution in [-0.2, 0) is 13.2 Å². The van der Waals surface area contributed by atoms with Crippen LogP contribution in [0.15, 0.2) is 53.2 Å². The lowest BCUT2D eigenvalue weighted by Crippen LogP contribution is -2.27. The van der Waals surface area contributed by atoms with E-state index >= 15 is 0 Å². The molecular weight excluding hydrogens is 364 g/mol. The van der Waals surface area contributed by atoms with Gasteiger partial charge in [0.25, 0.3) is 10.7 Å². The van der Waals surface area contributed by atoms with Gasteiger partial charge in [-0.1, -0.05) is 19.1 Å². The summed E-state index contributed by atoms with van der Waals surface area (Å²) < 4.78 is 19.1. The first-order valence-corrected chi connectivity index (χ1v) is 9.21. The number of rotatable bonds is 6. The van der Waals surface area contributed by atoms with E-state index in [0.29, 0.717) is 29.8 Å². The fraction of sp³-hybridized carbons (Fsp3) is 0.316. The van der Waals surface area contributed by atoms with Crippen LogP contribution in [0.2, 0.25) is 0 Å². The average molecular weight is 384 g/mol. The van der Waals surface area contributed by atoms with E-state index in [1.807, 2.05) is 36.4 Å². The van der Waals surface area contributed by atoms with Gasteiger partial charge in [-0.25, -0.2) is 4.68 Å². The molecule has 0 aliphatic carbocycles. The second kappa shape index (κ2) is 7.89. The van der Waals surface area contributed by atoms with Crippen LogP contribution in [-0.4, -0.2) is 32.8 Å². The minimum atomic E-state index is -0.418. The molecule has 0 saturated heterocycles. The Bertz CT molecular complexity index is 957. The number of ether oxygens (including phenoxy) is 2. The van der Waals surface area contributed by atoms with E-state index in [1.165, 1.54) is 5.56 Å². The zero-order valence-electron chi connectivity index (χ0n) is 14.9. The second-order valence-corrected chi connectivity index (χ2v) is 6.56. The van der Waals surface area contributed by atoms with Crippen LogP contribution in [0.25, 0.3) is 0 Å². The predicted molar refractivity (Wildman–Crippen MR) is 101 cm³/mol. The molecule has 1 aliphatic rings. The summed E-state index contributed by atoms with van der Waals surface area (Å²) in [5.74, 6) is 1.83. The summed E-state index contributed by atoms with van der Waals surface area (Å²) >= 11 is 5.35. The second-order valence-electron chi connectivity index (χ2n) is 6.21. The molecule has 0 saturated carbocycles. The summed E-state index contributed by atoms with van der Waals surface area (Å²) in [6.45, 7) is 4.59. The van der Waals surface area contributed by atoms with Gasteiger partial charge in [0.15, 0.2) is 11.5 Å². The van der Waals surface area contributed by atoms with Gasteiger partial charge >= 0.3 is 0 Å². The third kappa shape index (κ3) is 4.01. The van der Waals surface area contributed by atoms with Gasteiger partial charge in [-0.2, -0.15) is 0 Å². The monoisotopic (exact) mass is 384 g/mol. The topological polar surface area (TPSA) is 65.6 Å². The predicted octanol–water partition coefficient (Wildman–Crippen LogP) is 3.59. The lowest BCUT2D eigenvalue weighted by Gasteiger charge is -2.24. The van der Waals surface area contributed by atoms with E-state index in [9.17, 15) is 0 Å². The lowest BCUT2D eigenvalue weighted by molar-refractivity contribution is 0.0706. The number of hydrogen-bond donors (Lipinski definition) is 0. The number of hydrogen-bond acceptors (Lipinski definition) is 7. The molecule has 0 spiro atoms. The largest absolute Gasteiger partial charge is 0.485 e. The summed E-state index contributed by atoms with van der Waals surface area (Å²) in [7, 11) is 0. The normalized spacial score (nSPS) is 15.9. The van der Waals surface area contributed by atoms with Gasteiger partial charge in [0.05, 0.1) is 6.67 Å². The van der Waals surface area contributed by atoms with Crippen molar-refractivity contribution in [1.29, 1.82) is 0 Å². The number of fused-ring (bicyclic) bond motifs is 1. The molecule has 7 nitrogen and oxygen atoms in total. The van der Waals surface area contributed by atoms with Crippen molar-refractivity contribution in [1.82, 2.24) is 19.7 Å². The zero-order valence-corrected chi connectivity index (χ0v) is 15.8. The maximum atomic E-state index is 5.95. The van der Waals surface area contributed by atoms with Crippen molar-refractivity contribution in [3.8, 4) is 11.5 Å². The van der Waals surface area contributed by atoms with E-state index in [0.717, 1.165) is 18.8 Å². The van der Waals surface area contributed by atoms with Crippen molar-refractivity contribution in [2.24, 2.45) is 0 Å². The molecule has 0 radical (unpaired) electrons. The van der Waals surface area contributed by atoms with E-state index in [2.05, 4.69) is 21.9 Å². The van der Waals surface area contributed by atoms with Crippen LogP contribution in [0.3, 0.4) is 0 Å².